The van der Waals surface area contributed by atoms with E-state index in [2.05, 4.69) is 19.6 Å². The van der Waals surface area contributed by atoms with Crippen LogP contribution in [0.3, 0.4) is 0 Å². The van der Waals surface area contributed by atoms with Crippen molar-refractivity contribution in [2.24, 2.45) is 0 Å². The van der Waals surface area contributed by atoms with Crippen molar-refractivity contribution in [2.75, 3.05) is 0 Å². The Labute approximate surface area is 70.0 Å². The van der Waals surface area contributed by atoms with E-state index in [1.165, 1.54) is 44.1 Å². The molecule has 0 spiro atoms. The first-order chi connectivity index (χ1) is 5.29. The number of allylic oxidation sites excluding steroid dienone is 3. The fraction of sp³-hybridized carbons (Fsp3) is 0.636. The van der Waals surface area contributed by atoms with Crippen LogP contribution in [-0.4, -0.2) is 0 Å². The molecule has 1 aliphatic rings. The molecular formula is C11H18. The summed E-state index contributed by atoms with van der Waals surface area (Å²) in [7, 11) is 0. The van der Waals surface area contributed by atoms with Crippen molar-refractivity contribution >= 4 is 0 Å². The van der Waals surface area contributed by atoms with Gasteiger partial charge in [0, 0.05) is 0 Å². The summed E-state index contributed by atoms with van der Waals surface area (Å²) in [5.41, 5.74) is 3.01. The molecule has 0 heterocycles. The third-order valence-electron chi connectivity index (χ3n) is 2.34. The summed E-state index contributed by atoms with van der Waals surface area (Å²) in [6.45, 7) is 6.30. The van der Waals surface area contributed by atoms with Crippen molar-refractivity contribution in [3.05, 3.63) is 23.8 Å². The van der Waals surface area contributed by atoms with Gasteiger partial charge in [0.15, 0.2) is 0 Å². The van der Waals surface area contributed by atoms with Crippen LogP contribution in [0.4, 0.5) is 0 Å². The molecule has 0 nitrogen and oxygen atoms in total. The van der Waals surface area contributed by atoms with E-state index < -0.39 is 0 Å². The first kappa shape index (κ1) is 8.58. The van der Waals surface area contributed by atoms with E-state index in [0.29, 0.717) is 0 Å². The molecule has 0 aromatic rings. The lowest BCUT2D eigenvalue weighted by Gasteiger charge is -2.00. The summed E-state index contributed by atoms with van der Waals surface area (Å²) in [6.07, 6.45) is 10.0. The van der Waals surface area contributed by atoms with E-state index in [-0.39, 0.29) is 0 Å². The van der Waals surface area contributed by atoms with E-state index in [1.807, 2.05) is 0 Å². The molecule has 0 aromatic heterocycles. The van der Waals surface area contributed by atoms with Gasteiger partial charge < -0.3 is 0 Å². The molecule has 0 atom stereocenters. The molecule has 0 aromatic carbocycles. The third kappa shape index (κ3) is 3.41. The predicted octanol–water partition coefficient (Wildman–Crippen LogP) is 3.84. The van der Waals surface area contributed by atoms with Crippen LogP contribution in [0.5, 0.6) is 0 Å². The highest BCUT2D eigenvalue weighted by molar-refractivity contribution is 5.03. The molecule has 0 amide bonds. The number of rotatable bonds is 0. The Morgan fingerprint density at radius 3 is 2.73 bits per heavy atom. The van der Waals surface area contributed by atoms with Crippen molar-refractivity contribution in [3.63, 3.8) is 0 Å². The summed E-state index contributed by atoms with van der Waals surface area (Å²) in [5, 5.41) is 0. The van der Waals surface area contributed by atoms with Crippen LogP contribution in [-0.2, 0) is 0 Å². The lowest BCUT2D eigenvalue weighted by Crippen LogP contribution is -1.80. The summed E-state index contributed by atoms with van der Waals surface area (Å²) >= 11 is 0. The van der Waals surface area contributed by atoms with Gasteiger partial charge in [-0.3, -0.25) is 0 Å². The van der Waals surface area contributed by atoms with Crippen LogP contribution in [0.15, 0.2) is 23.8 Å². The van der Waals surface area contributed by atoms with Gasteiger partial charge in [-0.25, -0.2) is 0 Å². The summed E-state index contributed by atoms with van der Waals surface area (Å²) in [4.78, 5) is 0. The Morgan fingerprint density at radius 1 is 1.18 bits per heavy atom. The maximum Gasteiger partial charge on any atom is -0.0288 e. The average Bonchev–Trinajstić information content (AvgIpc) is 2.04. The van der Waals surface area contributed by atoms with Crippen LogP contribution < -0.4 is 0 Å². The third-order valence-corrected chi connectivity index (χ3v) is 2.34. The van der Waals surface area contributed by atoms with Gasteiger partial charge in [-0.05, 0) is 45.4 Å². The molecule has 1 rings (SSSR count). The minimum absolute atomic E-state index is 1.21. The lowest BCUT2D eigenvalue weighted by atomic mass is 10.1. The topological polar surface area (TPSA) is 0 Å². The SMILES string of the molecule is C=C1CCC=C(C)CCCC1. The average molecular weight is 150 g/mol. The molecule has 0 aliphatic heterocycles. The highest BCUT2D eigenvalue weighted by Gasteiger charge is 1.98. The van der Waals surface area contributed by atoms with Gasteiger partial charge in [-0.2, -0.15) is 0 Å². The van der Waals surface area contributed by atoms with E-state index in [4.69, 9.17) is 0 Å². The second kappa shape index (κ2) is 4.38. The minimum atomic E-state index is 1.21. The molecule has 0 radical (unpaired) electrons. The van der Waals surface area contributed by atoms with Crippen LogP contribution in [0, 0.1) is 0 Å². The van der Waals surface area contributed by atoms with E-state index in [9.17, 15) is 0 Å². The number of hydrogen-bond acceptors (Lipinski definition) is 0. The van der Waals surface area contributed by atoms with Gasteiger partial charge in [0.05, 0.1) is 0 Å². The summed E-state index contributed by atoms with van der Waals surface area (Å²) in [6, 6.07) is 0. The summed E-state index contributed by atoms with van der Waals surface area (Å²) < 4.78 is 0. The smallest absolute Gasteiger partial charge is 0.0288 e. The van der Waals surface area contributed by atoms with Gasteiger partial charge in [-0.1, -0.05) is 23.8 Å². The zero-order valence-electron chi connectivity index (χ0n) is 7.53. The molecule has 0 heteroatoms. The van der Waals surface area contributed by atoms with E-state index >= 15 is 0 Å². The molecule has 11 heavy (non-hydrogen) atoms. The second-order valence-electron chi connectivity index (χ2n) is 3.55. The molecule has 0 bridgehead atoms. The Kier molecular flexibility index (Phi) is 3.41. The second-order valence-corrected chi connectivity index (χ2v) is 3.55. The lowest BCUT2D eigenvalue weighted by molar-refractivity contribution is 0.721. The maximum atomic E-state index is 4.05. The molecule has 62 valence electrons. The van der Waals surface area contributed by atoms with Crippen molar-refractivity contribution in [1.82, 2.24) is 0 Å². The van der Waals surface area contributed by atoms with Crippen molar-refractivity contribution < 1.29 is 0 Å². The predicted molar refractivity (Wildman–Crippen MR) is 50.6 cm³/mol. The van der Waals surface area contributed by atoms with Crippen LogP contribution in [0.25, 0.3) is 0 Å². The zero-order valence-corrected chi connectivity index (χ0v) is 7.53. The van der Waals surface area contributed by atoms with Crippen molar-refractivity contribution in [2.45, 2.75) is 45.4 Å². The quantitative estimate of drug-likeness (QED) is 0.460. The molecule has 0 N–H and O–H groups in total. The fourth-order valence-electron chi connectivity index (χ4n) is 1.53. The molecule has 0 fully saturated rings. The van der Waals surface area contributed by atoms with Crippen LogP contribution in [0.1, 0.15) is 45.4 Å². The van der Waals surface area contributed by atoms with Gasteiger partial charge in [0.2, 0.25) is 0 Å². The molecule has 1 aliphatic carbocycles. The van der Waals surface area contributed by atoms with E-state index in [0.717, 1.165) is 0 Å². The van der Waals surface area contributed by atoms with Crippen molar-refractivity contribution in [3.8, 4) is 0 Å². The highest BCUT2D eigenvalue weighted by atomic mass is 14.0. The van der Waals surface area contributed by atoms with Gasteiger partial charge in [-0.15, -0.1) is 0 Å². The first-order valence-electron chi connectivity index (χ1n) is 4.61. The first-order valence-corrected chi connectivity index (χ1v) is 4.61. The minimum Gasteiger partial charge on any atom is -0.0999 e. The van der Waals surface area contributed by atoms with Crippen LogP contribution in [0.2, 0.25) is 0 Å². The van der Waals surface area contributed by atoms with Crippen LogP contribution >= 0.6 is 0 Å². The van der Waals surface area contributed by atoms with Gasteiger partial charge in [0.1, 0.15) is 0 Å². The van der Waals surface area contributed by atoms with Gasteiger partial charge >= 0.3 is 0 Å². The monoisotopic (exact) mass is 150 g/mol. The zero-order chi connectivity index (χ0) is 8.10. The van der Waals surface area contributed by atoms with Gasteiger partial charge in [0.25, 0.3) is 0 Å². The number of hydrogen-bond donors (Lipinski definition) is 0. The Balaban J connectivity index is 2.43. The Hall–Kier alpha value is -0.520. The molecule has 0 unspecified atom stereocenters. The maximum absolute atomic E-state index is 4.05. The fourth-order valence-corrected chi connectivity index (χ4v) is 1.53. The molecular weight excluding hydrogens is 132 g/mol. The Bertz CT molecular complexity index is 163. The normalized spacial score (nSPS) is 21.5. The largest absolute Gasteiger partial charge is 0.0999 e. The Morgan fingerprint density at radius 2 is 1.91 bits per heavy atom. The van der Waals surface area contributed by atoms with Crippen molar-refractivity contribution in [1.29, 1.82) is 0 Å². The molecule has 0 saturated heterocycles. The standard InChI is InChI=1S/C11H18/c1-10-6-3-4-7-11(2)9-5-8-10/h9H,1,3-8H2,2H3. The highest BCUT2D eigenvalue weighted by Crippen LogP contribution is 2.18. The molecule has 0 saturated carbocycles. The summed E-state index contributed by atoms with van der Waals surface area (Å²) in [5.74, 6) is 0. The van der Waals surface area contributed by atoms with E-state index in [1.54, 1.807) is 5.57 Å².